The SMILES string of the molecule is CCC1CCC(Nc2ccc(C)cc2)C1. The molecule has 1 aromatic carbocycles. The van der Waals surface area contributed by atoms with Gasteiger partial charge in [-0.25, -0.2) is 0 Å². The van der Waals surface area contributed by atoms with Crippen LogP contribution in [0, 0.1) is 12.8 Å². The molecule has 0 saturated heterocycles. The molecule has 0 spiro atoms. The van der Waals surface area contributed by atoms with E-state index in [2.05, 4.69) is 43.4 Å². The fourth-order valence-electron chi connectivity index (χ4n) is 2.46. The molecule has 82 valence electrons. The van der Waals surface area contributed by atoms with Crippen molar-refractivity contribution in [3.8, 4) is 0 Å². The largest absolute Gasteiger partial charge is 0.382 e. The van der Waals surface area contributed by atoms with Crippen molar-refractivity contribution in [1.29, 1.82) is 0 Å². The summed E-state index contributed by atoms with van der Waals surface area (Å²) in [6.45, 7) is 4.44. The van der Waals surface area contributed by atoms with Crippen LogP contribution in [0.1, 0.15) is 38.2 Å². The molecule has 0 radical (unpaired) electrons. The Kier molecular flexibility index (Phi) is 3.30. The summed E-state index contributed by atoms with van der Waals surface area (Å²) in [7, 11) is 0. The predicted octanol–water partition coefficient (Wildman–Crippen LogP) is 3.99. The van der Waals surface area contributed by atoms with Crippen LogP contribution in [0.25, 0.3) is 0 Å². The van der Waals surface area contributed by atoms with Crippen molar-refractivity contribution in [1.82, 2.24) is 0 Å². The molecule has 1 fully saturated rings. The average Bonchev–Trinajstić information content (AvgIpc) is 2.69. The van der Waals surface area contributed by atoms with Crippen molar-refractivity contribution in [2.45, 2.75) is 45.6 Å². The van der Waals surface area contributed by atoms with Crippen molar-refractivity contribution >= 4 is 5.69 Å². The fraction of sp³-hybridized carbons (Fsp3) is 0.571. The Labute approximate surface area is 92.9 Å². The van der Waals surface area contributed by atoms with Gasteiger partial charge in [0.25, 0.3) is 0 Å². The number of hydrogen-bond acceptors (Lipinski definition) is 1. The zero-order valence-electron chi connectivity index (χ0n) is 9.79. The summed E-state index contributed by atoms with van der Waals surface area (Å²) < 4.78 is 0. The maximum Gasteiger partial charge on any atom is 0.0342 e. The van der Waals surface area contributed by atoms with E-state index in [-0.39, 0.29) is 0 Å². The predicted molar refractivity (Wildman–Crippen MR) is 66.2 cm³/mol. The monoisotopic (exact) mass is 203 g/mol. The molecule has 1 N–H and O–H groups in total. The highest BCUT2D eigenvalue weighted by Crippen LogP contribution is 2.30. The Morgan fingerprint density at radius 2 is 1.93 bits per heavy atom. The molecular formula is C14H21N. The van der Waals surface area contributed by atoms with Crippen LogP contribution >= 0.6 is 0 Å². The van der Waals surface area contributed by atoms with Crippen molar-refractivity contribution < 1.29 is 0 Å². The second-order valence-corrected chi connectivity index (χ2v) is 4.79. The molecule has 1 aliphatic rings. The second-order valence-electron chi connectivity index (χ2n) is 4.79. The van der Waals surface area contributed by atoms with Crippen LogP contribution in [-0.2, 0) is 0 Å². The molecule has 1 heteroatoms. The zero-order chi connectivity index (χ0) is 10.7. The van der Waals surface area contributed by atoms with E-state index in [0.29, 0.717) is 6.04 Å². The van der Waals surface area contributed by atoms with Crippen LogP contribution in [0.3, 0.4) is 0 Å². The van der Waals surface area contributed by atoms with Crippen molar-refractivity contribution in [3.05, 3.63) is 29.8 Å². The van der Waals surface area contributed by atoms with Gasteiger partial charge in [-0.1, -0.05) is 31.0 Å². The van der Waals surface area contributed by atoms with Crippen LogP contribution < -0.4 is 5.32 Å². The van der Waals surface area contributed by atoms with Gasteiger partial charge in [-0.2, -0.15) is 0 Å². The van der Waals surface area contributed by atoms with E-state index in [9.17, 15) is 0 Å². The number of rotatable bonds is 3. The molecule has 0 amide bonds. The molecule has 0 heterocycles. The van der Waals surface area contributed by atoms with E-state index < -0.39 is 0 Å². The maximum atomic E-state index is 3.63. The van der Waals surface area contributed by atoms with Gasteiger partial charge in [-0.15, -0.1) is 0 Å². The minimum Gasteiger partial charge on any atom is -0.382 e. The minimum atomic E-state index is 0.706. The van der Waals surface area contributed by atoms with E-state index >= 15 is 0 Å². The minimum absolute atomic E-state index is 0.706. The van der Waals surface area contributed by atoms with Crippen molar-refractivity contribution in [2.24, 2.45) is 5.92 Å². The lowest BCUT2D eigenvalue weighted by Gasteiger charge is -2.14. The first-order valence-corrected chi connectivity index (χ1v) is 6.11. The molecule has 0 aliphatic heterocycles. The summed E-state index contributed by atoms with van der Waals surface area (Å²) in [5.41, 5.74) is 2.61. The molecular weight excluding hydrogens is 182 g/mol. The van der Waals surface area contributed by atoms with Gasteiger partial charge in [0.2, 0.25) is 0 Å². The van der Waals surface area contributed by atoms with Crippen LogP contribution in [0.2, 0.25) is 0 Å². The summed E-state index contributed by atoms with van der Waals surface area (Å²) in [4.78, 5) is 0. The standard InChI is InChI=1S/C14H21N/c1-3-12-6-9-14(10-12)15-13-7-4-11(2)5-8-13/h4-5,7-8,12,14-15H,3,6,9-10H2,1-2H3. The molecule has 1 aromatic rings. The third-order valence-corrected chi connectivity index (χ3v) is 3.54. The highest BCUT2D eigenvalue weighted by Gasteiger charge is 2.22. The maximum absolute atomic E-state index is 3.63. The lowest BCUT2D eigenvalue weighted by Crippen LogP contribution is -2.15. The molecule has 0 bridgehead atoms. The van der Waals surface area contributed by atoms with Crippen LogP contribution in [0.5, 0.6) is 0 Å². The summed E-state index contributed by atoms with van der Waals surface area (Å²) in [6.07, 6.45) is 5.43. The van der Waals surface area contributed by atoms with Gasteiger partial charge in [-0.05, 0) is 44.2 Å². The molecule has 0 aromatic heterocycles. The van der Waals surface area contributed by atoms with Crippen LogP contribution in [0.4, 0.5) is 5.69 Å². The quantitative estimate of drug-likeness (QED) is 0.783. The number of nitrogens with one attached hydrogen (secondary N) is 1. The van der Waals surface area contributed by atoms with Gasteiger partial charge in [0.05, 0.1) is 0 Å². The number of benzene rings is 1. The molecule has 2 rings (SSSR count). The Bertz CT molecular complexity index is 302. The molecule has 15 heavy (non-hydrogen) atoms. The number of anilines is 1. The highest BCUT2D eigenvalue weighted by atomic mass is 14.9. The molecule has 1 saturated carbocycles. The van der Waals surface area contributed by atoms with E-state index in [4.69, 9.17) is 0 Å². The first-order valence-electron chi connectivity index (χ1n) is 6.11. The van der Waals surface area contributed by atoms with Gasteiger partial charge in [-0.3, -0.25) is 0 Å². The van der Waals surface area contributed by atoms with Crippen molar-refractivity contribution in [2.75, 3.05) is 5.32 Å². The first-order chi connectivity index (χ1) is 7.28. The van der Waals surface area contributed by atoms with Gasteiger partial charge < -0.3 is 5.32 Å². The normalized spacial score (nSPS) is 25.5. The molecule has 1 aliphatic carbocycles. The van der Waals surface area contributed by atoms with E-state index in [0.717, 1.165) is 5.92 Å². The first kappa shape index (κ1) is 10.5. The molecule has 2 unspecified atom stereocenters. The second kappa shape index (κ2) is 4.69. The van der Waals surface area contributed by atoms with Crippen molar-refractivity contribution in [3.63, 3.8) is 0 Å². The summed E-state index contributed by atoms with van der Waals surface area (Å²) in [6, 6.07) is 9.43. The Morgan fingerprint density at radius 3 is 2.53 bits per heavy atom. The van der Waals surface area contributed by atoms with Gasteiger partial charge >= 0.3 is 0 Å². The van der Waals surface area contributed by atoms with E-state index in [1.807, 2.05) is 0 Å². The lowest BCUT2D eigenvalue weighted by molar-refractivity contribution is 0.525. The Hall–Kier alpha value is -0.980. The molecule has 1 nitrogen and oxygen atoms in total. The van der Waals surface area contributed by atoms with Crippen LogP contribution in [0.15, 0.2) is 24.3 Å². The average molecular weight is 203 g/mol. The number of aryl methyl sites for hydroxylation is 1. The topological polar surface area (TPSA) is 12.0 Å². The summed E-state index contributed by atoms with van der Waals surface area (Å²) in [5, 5.41) is 3.63. The Morgan fingerprint density at radius 1 is 1.20 bits per heavy atom. The van der Waals surface area contributed by atoms with Gasteiger partial charge in [0, 0.05) is 11.7 Å². The van der Waals surface area contributed by atoms with E-state index in [1.54, 1.807) is 0 Å². The van der Waals surface area contributed by atoms with Gasteiger partial charge in [0.1, 0.15) is 0 Å². The Balaban J connectivity index is 1.90. The van der Waals surface area contributed by atoms with Crippen LogP contribution in [-0.4, -0.2) is 6.04 Å². The van der Waals surface area contributed by atoms with Gasteiger partial charge in [0.15, 0.2) is 0 Å². The zero-order valence-corrected chi connectivity index (χ0v) is 9.79. The number of hydrogen-bond donors (Lipinski definition) is 1. The summed E-state index contributed by atoms with van der Waals surface area (Å²) in [5.74, 6) is 0.952. The smallest absolute Gasteiger partial charge is 0.0342 e. The lowest BCUT2D eigenvalue weighted by atomic mass is 10.1. The van der Waals surface area contributed by atoms with E-state index in [1.165, 1.54) is 36.9 Å². The third-order valence-electron chi connectivity index (χ3n) is 3.54. The highest BCUT2D eigenvalue weighted by molar-refractivity contribution is 5.45. The summed E-state index contributed by atoms with van der Waals surface area (Å²) >= 11 is 0. The third kappa shape index (κ3) is 2.74. The fourth-order valence-corrected chi connectivity index (χ4v) is 2.46. The molecule has 2 atom stereocenters.